The van der Waals surface area contributed by atoms with E-state index in [0.717, 1.165) is 56.2 Å². The molecule has 1 unspecified atom stereocenters. The Labute approximate surface area is 195 Å². The predicted octanol–water partition coefficient (Wildman–Crippen LogP) is 3.83. The Balaban J connectivity index is 1.46. The average Bonchev–Trinajstić information content (AvgIpc) is 3.25. The van der Waals surface area contributed by atoms with Gasteiger partial charge in [0.1, 0.15) is 4.90 Å². The molecule has 7 nitrogen and oxygen atoms in total. The van der Waals surface area contributed by atoms with Gasteiger partial charge in [-0.25, -0.2) is 4.98 Å². The van der Waals surface area contributed by atoms with E-state index in [1.807, 2.05) is 22.7 Å². The van der Waals surface area contributed by atoms with E-state index >= 15 is 0 Å². The minimum atomic E-state index is -1.27. The molecule has 32 heavy (non-hydrogen) atoms. The van der Waals surface area contributed by atoms with E-state index in [1.54, 1.807) is 12.5 Å². The Morgan fingerprint density at radius 1 is 1.25 bits per heavy atom. The van der Waals surface area contributed by atoms with Crippen LogP contribution in [0.5, 0.6) is 0 Å². The van der Waals surface area contributed by atoms with E-state index in [1.165, 1.54) is 5.56 Å². The highest BCUT2D eigenvalue weighted by atomic mass is 35.5. The molecule has 1 saturated carbocycles. The van der Waals surface area contributed by atoms with Crippen molar-refractivity contribution in [1.29, 1.82) is 0 Å². The first-order chi connectivity index (χ1) is 15.5. The zero-order valence-corrected chi connectivity index (χ0v) is 19.7. The third kappa shape index (κ3) is 3.89. The van der Waals surface area contributed by atoms with E-state index in [9.17, 15) is 9.32 Å². The third-order valence-corrected chi connectivity index (χ3v) is 8.09. The quantitative estimate of drug-likeness (QED) is 0.566. The second kappa shape index (κ2) is 8.65. The van der Waals surface area contributed by atoms with Gasteiger partial charge in [0.15, 0.2) is 11.5 Å². The van der Waals surface area contributed by atoms with Gasteiger partial charge in [-0.3, -0.25) is 8.61 Å². The summed E-state index contributed by atoms with van der Waals surface area (Å²) in [4.78, 5) is 12.3. The minimum absolute atomic E-state index is 0.0336. The number of nitrogens with one attached hydrogen (secondary N) is 1. The zero-order valence-electron chi connectivity index (χ0n) is 18.1. The number of aliphatic hydroxyl groups excluding tert-OH is 1. The van der Waals surface area contributed by atoms with E-state index in [4.69, 9.17) is 16.6 Å². The third-order valence-electron chi connectivity index (χ3n) is 6.89. The summed E-state index contributed by atoms with van der Waals surface area (Å²) >= 11 is 6.05. The van der Waals surface area contributed by atoms with Crippen LogP contribution in [0.15, 0.2) is 41.6 Å². The number of halogens is 1. The van der Waals surface area contributed by atoms with Gasteiger partial charge in [-0.1, -0.05) is 23.7 Å². The van der Waals surface area contributed by atoms with Gasteiger partial charge >= 0.3 is 0 Å². The van der Waals surface area contributed by atoms with Crippen LogP contribution in [0.3, 0.4) is 0 Å². The molecule has 5 rings (SSSR count). The molecule has 1 saturated heterocycles. The summed E-state index contributed by atoms with van der Waals surface area (Å²) in [5.41, 5.74) is 1.60. The Morgan fingerprint density at radius 3 is 2.56 bits per heavy atom. The number of fused-ring (bicyclic) bond motifs is 1. The summed E-state index contributed by atoms with van der Waals surface area (Å²) in [5, 5.41) is 14.2. The molecule has 2 N–H and O–H groups in total. The van der Waals surface area contributed by atoms with Crippen LogP contribution in [0.25, 0.3) is 5.65 Å². The Hall–Kier alpha value is -2.16. The van der Waals surface area contributed by atoms with Gasteiger partial charge in [-0.15, -0.1) is 0 Å². The number of aromatic nitrogens is 3. The number of nitrogens with zero attached hydrogens (tertiary/aromatic N) is 4. The van der Waals surface area contributed by atoms with E-state index in [2.05, 4.69) is 27.3 Å². The maximum Gasteiger partial charge on any atom is 0.213 e. The zero-order chi connectivity index (χ0) is 22.3. The molecule has 0 radical (unpaired) electrons. The highest BCUT2D eigenvalue weighted by Gasteiger charge is 2.38. The smallest absolute Gasteiger partial charge is 0.213 e. The molecule has 0 bridgehead atoms. The number of hydrogen-bond acceptors (Lipinski definition) is 6. The lowest BCUT2D eigenvalue weighted by atomic mass is 9.77. The van der Waals surface area contributed by atoms with Gasteiger partial charge in [-0.2, -0.15) is 4.98 Å². The molecular formula is C23H28ClN5O2S. The summed E-state index contributed by atoms with van der Waals surface area (Å²) in [6.07, 6.45) is 10.1. The normalized spacial score (nSPS) is 19.7. The fraction of sp³-hybridized carbons (Fsp3) is 0.478. The number of imidazole rings is 1. The lowest BCUT2D eigenvalue weighted by Gasteiger charge is -2.42. The summed E-state index contributed by atoms with van der Waals surface area (Å²) in [6, 6.07) is 8.16. The highest BCUT2D eigenvalue weighted by molar-refractivity contribution is 7.84. The molecule has 1 aromatic carbocycles. The van der Waals surface area contributed by atoms with Crippen molar-refractivity contribution < 1.29 is 9.32 Å². The monoisotopic (exact) mass is 473 g/mol. The minimum Gasteiger partial charge on any atom is -0.394 e. The molecule has 0 spiro atoms. The van der Waals surface area contributed by atoms with Gasteiger partial charge in [0.05, 0.1) is 22.9 Å². The van der Waals surface area contributed by atoms with Crippen molar-refractivity contribution in [2.45, 2.75) is 48.5 Å². The van der Waals surface area contributed by atoms with Crippen LogP contribution in [-0.2, 0) is 10.8 Å². The molecule has 2 fully saturated rings. The summed E-state index contributed by atoms with van der Waals surface area (Å²) in [7, 11) is -1.27. The van der Waals surface area contributed by atoms with Crippen LogP contribution < -0.4 is 10.2 Å². The maximum absolute atomic E-state index is 12.7. The standard InChI is InChI=1S/C23H28ClN5O2S/c1-32(31)19-20(27-23(15-30)9-2-10-23)26-22(29-14-11-25-21(19)29)28-12-7-17(8-13-28)16-3-5-18(24)6-4-16/h3-6,11,14,17,27,30H,2,7-10,12-13,15H2,1H3. The molecule has 170 valence electrons. The number of aliphatic hydroxyl groups is 1. The maximum atomic E-state index is 12.7. The Morgan fingerprint density at radius 2 is 1.97 bits per heavy atom. The Bertz CT molecular complexity index is 1130. The van der Waals surface area contributed by atoms with Crippen molar-refractivity contribution in [3.8, 4) is 0 Å². The topological polar surface area (TPSA) is 82.8 Å². The summed E-state index contributed by atoms with van der Waals surface area (Å²) < 4.78 is 14.6. The molecule has 3 heterocycles. The number of rotatable bonds is 6. The van der Waals surface area contributed by atoms with Gasteiger partial charge < -0.3 is 15.3 Å². The van der Waals surface area contributed by atoms with Crippen LogP contribution in [-0.4, -0.2) is 55.2 Å². The van der Waals surface area contributed by atoms with Gasteiger partial charge in [0.2, 0.25) is 5.95 Å². The summed E-state index contributed by atoms with van der Waals surface area (Å²) in [6.45, 7) is 1.77. The number of piperidine rings is 1. The average molecular weight is 474 g/mol. The van der Waals surface area contributed by atoms with E-state index in [-0.39, 0.29) is 12.1 Å². The Kier molecular flexibility index (Phi) is 5.86. The molecule has 0 amide bonds. The largest absolute Gasteiger partial charge is 0.394 e. The van der Waals surface area contributed by atoms with E-state index < -0.39 is 10.8 Å². The van der Waals surface area contributed by atoms with Crippen LogP contribution in [0.2, 0.25) is 5.02 Å². The van der Waals surface area contributed by atoms with Crippen molar-refractivity contribution in [2.75, 3.05) is 36.2 Å². The van der Waals surface area contributed by atoms with E-state index in [0.29, 0.717) is 22.3 Å². The fourth-order valence-corrected chi connectivity index (χ4v) is 5.74. The lowest BCUT2D eigenvalue weighted by Crippen LogP contribution is -2.49. The fourth-order valence-electron chi connectivity index (χ4n) is 4.84. The number of anilines is 2. The van der Waals surface area contributed by atoms with Gasteiger partial charge in [0.25, 0.3) is 0 Å². The van der Waals surface area contributed by atoms with Crippen LogP contribution >= 0.6 is 11.6 Å². The van der Waals surface area contributed by atoms with Crippen molar-refractivity contribution in [2.24, 2.45) is 0 Å². The second-order valence-corrected chi connectivity index (χ2v) is 10.6. The second-order valence-electron chi connectivity index (χ2n) is 8.89. The molecule has 2 aromatic heterocycles. The molecule has 3 aromatic rings. The molecule has 9 heteroatoms. The molecule has 2 aliphatic rings. The van der Waals surface area contributed by atoms with Crippen molar-refractivity contribution in [1.82, 2.24) is 14.4 Å². The van der Waals surface area contributed by atoms with Crippen molar-refractivity contribution in [3.05, 3.63) is 47.2 Å². The number of hydrogen-bond donors (Lipinski definition) is 2. The molecule has 1 atom stereocenters. The highest BCUT2D eigenvalue weighted by Crippen LogP contribution is 2.38. The van der Waals surface area contributed by atoms with Crippen molar-refractivity contribution >= 4 is 39.8 Å². The van der Waals surface area contributed by atoms with Crippen LogP contribution in [0.1, 0.15) is 43.6 Å². The SMILES string of the molecule is CS(=O)c1c(NC2(CO)CCC2)nc(N2CCC(c3ccc(Cl)cc3)CC2)n2ccnc12. The van der Waals surface area contributed by atoms with Crippen LogP contribution in [0.4, 0.5) is 11.8 Å². The first-order valence-electron chi connectivity index (χ1n) is 11.1. The molecule has 1 aliphatic carbocycles. The number of benzene rings is 1. The first kappa shape index (κ1) is 21.7. The van der Waals surface area contributed by atoms with Gasteiger partial charge in [-0.05, 0) is 55.7 Å². The van der Waals surface area contributed by atoms with Crippen LogP contribution in [0, 0.1) is 0 Å². The lowest BCUT2D eigenvalue weighted by molar-refractivity contribution is 0.143. The predicted molar refractivity (Wildman–Crippen MR) is 128 cm³/mol. The molecular weight excluding hydrogens is 446 g/mol. The summed E-state index contributed by atoms with van der Waals surface area (Å²) in [5.74, 6) is 1.87. The van der Waals surface area contributed by atoms with Gasteiger partial charge in [0, 0.05) is 36.8 Å². The first-order valence-corrected chi connectivity index (χ1v) is 13.0. The van der Waals surface area contributed by atoms with Crippen molar-refractivity contribution in [3.63, 3.8) is 0 Å². The molecule has 1 aliphatic heterocycles.